The molecular weight excluding hydrogens is 352 g/mol. The van der Waals surface area contributed by atoms with Gasteiger partial charge in [0.05, 0.1) is 13.3 Å². The van der Waals surface area contributed by atoms with Gasteiger partial charge in [-0.3, -0.25) is 4.98 Å². The minimum absolute atomic E-state index is 0.192. The Morgan fingerprint density at radius 2 is 2.04 bits per heavy atom. The Labute approximate surface area is 154 Å². The van der Waals surface area contributed by atoms with E-state index < -0.39 is 10.0 Å². The van der Waals surface area contributed by atoms with E-state index >= 15 is 0 Å². The highest BCUT2D eigenvalue weighted by Gasteiger charge is 2.24. The first-order valence-electron chi connectivity index (χ1n) is 8.65. The summed E-state index contributed by atoms with van der Waals surface area (Å²) in [4.78, 5) is 10.8. The lowest BCUT2D eigenvalue weighted by molar-refractivity contribution is 0.395. The highest BCUT2D eigenvalue weighted by Crippen LogP contribution is 2.25. The van der Waals surface area contributed by atoms with Crippen LogP contribution in [0.2, 0.25) is 0 Å². The summed E-state index contributed by atoms with van der Waals surface area (Å²) in [6.45, 7) is 3.98. The summed E-state index contributed by atoms with van der Waals surface area (Å²) in [5.74, 6) is 1.53. The van der Waals surface area contributed by atoms with Crippen molar-refractivity contribution in [3.63, 3.8) is 0 Å². The molecular formula is C18H24N4O3S. The molecule has 0 saturated carbocycles. The second-order valence-corrected chi connectivity index (χ2v) is 8.24. The lowest BCUT2D eigenvalue weighted by Crippen LogP contribution is -2.39. The largest absolute Gasteiger partial charge is 0.495 e. The smallest absolute Gasteiger partial charge is 0.244 e. The number of hydrogen-bond donors (Lipinski definition) is 1. The van der Waals surface area contributed by atoms with Crippen LogP contribution in [0.25, 0.3) is 0 Å². The third-order valence-electron chi connectivity index (χ3n) is 4.66. The van der Waals surface area contributed by atoms with E-state index in [2.05, 4.69) is 19.6 Å². The summed E-state index contributed by atoms with van der Waals surface area (Å²) in [5, 5.41) is 0. The number of aryl methyl sites for hydroxylation is 1. The molecule has 0 bridgehead atoms. The predicted molar refractivity (Wildman–Crippen MR) is 99.9 cm³/mol. The van der Waals surface area contributed by atoms with Crippen LogP contribution in [0.1, 0.15) is 18.4 Å². The Hall–Kier alpha value is -2.19. The molecule has 0 aliphatic carbocycles. The molecule has 1 saturated heterocycles. The zero-order valence-electron chi connectivity index (χ0n) is 15.1. The number of rotatable bonds is 6. The molecule has 7 nitrogen and oxygen atoms in total. The van der Waals surface area contributed by atoms with Gasteiger partial charge in [0.25, 0.3) is 0 Å². The van der Waals surface area contributed by atoms with Gasteiger partial charge in [-0.05, 0) is 43.4 Å². The number of ether oxygens (including phenoxy) is 1. The Bertz CT molecular complexity index is 835. The fraction of sp³-hybridized carbons (Fsp3) is 0.444. The summed E-state index contributed by atoms with van der Waals surface area (Å²) >= 11 is 0. The molecule has 26 heavy (non-hydrogen) atoms. The highest BCUT2D eigenvalue weighted by atomic mass is 32.2. The second-order valence-electron chi connectivity index (χ2n) is 6.50. The number of nitrogens with one attached hydrogen (secondary N) is 1. The number of anilines is 1. The minimum atomic E-state index is -3.60. The molecule has 0 amide bonds. The van der Waals surface area contributed by atoms with Gasteiger partial charge in [0.2, 0.25) is 10.0 Å². The molecule has 1 fully saturated rings. The number of piperidine rings is 1. The quantitative estimate of drug-likeness (QED) is 0.830. The van der Waals surface area contributed by atoms with E-state index in [1.165, 1.54) is 7.11 Å². The molecule has 8 heteroatoms. The average molecular weight is 376 g/mol. The van der Waals surface area contributed by atoms with E-state index in [-0.39, 0.29) is 4.90 Å². The highest BCUT2D eigenvalue weighted by molar-refractivity contribution is 7.89. The van der Waals surface area contributed by atoms with Gasteiger partial charge in [-0.1, -0.05) is 6.07 Å². The van der Waals surface area contributed by atoms with Crippen LogP contribution in [0.3, 0.4) is 0 Å². The molecule has 1 aliphatic heterocycles. The maximum absolute atomic E-state index is 12.7. The fourth-order valence-electron chi connectivity index (χ4n) is 3.12. The molecule has 0 atom stereocenters. The van der Waals surface area contributed by atoms with Crippen LogP contribution in [0.5, 0.6) is 5.75 Å². The third kappa shape index (κ3) is 4.31. The first-order chi connectivity index (χ1) is 12.5. The lowest BCUT2D eigenvalue weighted by Gasteiger charge is -2.32. The SMILES string of the molecule is COc1ccc(C)cc1S(=O)(=O)NCC1CCN(c2cnccn2)CC1. The summed E-state index contributed by atoms with van der Waals surface area (Å²) in [6, 6.07) is 5.15. The van der Waals surface area contributed by atoms with Gasteiger partial charge >= 0.3 is 0 Å². The van der Waals surface area contributed by atoms with Crippen LogP contribution in [-0.4, -0.2) is 45.1 Å². The summed E-state index contributed by atoms with van der Waals surface area (Å²) in [7, 11) is -2.12. The average Bonchev–Trinajstić information content (AvgIpc) is 2.67. The minimum Gasteiger partial charge on any atom is -0.495 e. The van der Waals surface area contributed by atoms with Gasteiger partial charge in [0.15, 0.2) is 0 Å². The zero-order valence-corrected chi connectivity index (χ0v) is 15.9. The van der Waals surface area contributed by atoms with E-state index in [0.717, 1.165) is 37.3 Å². The van der Waals surface area contributed by atoms with E-state index in [1.807, 2.05) is 13.0 Å². The van der Waals surface area contributed by atoms with E-state index in [0.29, 0.717) is 18.2 Å². The van der Waals surface area contributed by atoms with E-state index in [1.54, 1.807) is 30.7 Å². The summed E-state index contributed by atoms with van der Waals surface area (Å²) < 4.78 is 33.3. The number of benzene rings is 1. The second kappa shape index (κ2) is 8.01. The Balaban J connectivity index is 1.59. The van der Waals surface area contributed by atoms with Gasteiger partial charge in [-0.15, -0.1) is 0 Å². The van der Waals surface area contributed by atoms with Crippen molar-refractivity contribution in [2.24, 2.45) is 5.92 Å². The molecule has 0 unspecified atom stereocenters. The summed E-state index contributed by atoms with van der Waals surface area (Å²) in [5.41, 5.74) is 0.878. The molecule has 2 aromatic rings. The Morgan fingerprint density at radius 1 is 1.27 bits per heavy atom. The van der Waals surface area contributed by atoms with Crippen molar-refractivity contribution in [3.8, 4) is 5.75 Å². The molecule has 0 radical (unpaired) electrons. The number of sulfonamides is 1. The van der Waals surface area contributed by atoms with Gasteiger partial charge in [0, 0.05) is 32.0 Å². The number of nitrogens with zero attached hydrogens (tertiary/aromatic N) is 3. The molecule has 2 heterocycles. The van der Waals surface area contributed by atoms with Crippen molar-refractivity contribution in [2.45, 2.75) is 24.7 Å². The lowest BCUT2D eigenvalue weighted by atomic mass is 9.97. The van der Waals surface area contributed by atoms with Crippen molar-refractivity contribution < 1.29 is 13.2 Å². The first kappa shape index (κ1) is 18.6. The van der Waals surface area contributed by atoms with Crippen molar-refractivity contribution in [3.05, 3.63) is 42.4 Å². The maximum atomic E-state index is 12.7. The number of hydrogen-bond acceptors (Lipinski definition) is 6. The molecule has 1 aliphatic rings. The Morgan fingerprint density at radius 3 is 2.69 bits per heavy atom. The first-order valence-corrected chi connectivity index (χ1v) is 10.1. The van der Waals surface area contributed by atoms with Crippen LogP contribution in [0, 0.1) is 12.8 Å². The van der Waals surface area contributed by atoms with Crippen molar-refractivity contribution in [1.29, 1.82) is 0 Å². The van der Waals surface area contributed by atoms with Crippen molar-refractivity contribution in [2.75, 3.05) is 31.6 Å². The molecule has 3 rings (SSSR count). The third-order valence-corrected chi connectivity index (χ3v) is 6.10. The van der Waals surface area contributed by atoms with Crippen LogP contribution < -0.4 is 14.4 Å². The Kier molecular flexibility index (Phi) is 5.73. The van der Waals surface area contributed by atoms with Crippen LogP contribution in [0.15, 0.2) is 41.7 Å². The zero-order chi connectivity index (χ0) is 18.6. The molecule has 1 N–H and O–H groups in total. The predicted octanol–water partition coefficient (Wildman–Crippen LogP) is 1.99. The topological polar surface area (TPSA) is 84.4 Å². The van der Waals surface area contributed by atoms with Crippen molar-refractivity contribution >= 4 is 15.8 Å². The fourth-order valence-corrected chi connectivity index (χ4v) is 4.49. The standard InChI is InChI=1S/C18H24N4O3S/c1-14-3-4-16(25-2)17(11-14)26(23,24)21-12-15-5-9-22(10-6-15)18-13-19-7-8-20-18/h3-4,7-8,11,13,15,21H,5-6,9-10,12H2,1-2H3. The molecule has 1 aromatic carbocycles. The number of aromatic nitrogens is 2. The normalized spacial score (nSPS) is 15.8. The van der Waals surface area contributed by atoms with Gasteiger partial charge in [0.1, 0.15) is 16.5 Å². The maximum Gasteiger partial charge on any atom is 0.244 e. The summed E-state index contributed by atoms with van der Waals surface area (Å²) in [6.07, 6.45) is 6.91. The molecule has 0 spiro atoms. The van der Waals surface area contributed by atoms with E-state index in [9.17, 15) is 8.42 Å². The van der Waals surface area contributed by atoms with Crippen LogP contribution >= 0.6 is 0 Å². The monoisotopic (exact) mass is 376 g/mol. The van der Waals surface area contributed by atoms with Crippen molar-refractivity contribution in [1.82, 2.24) is 14.7 Å². The van der Waals surface area contributed by atoms with Gasteiger partial charge < -0.3 is 9.64 Å². The number of methoxy groups -OCH3 is 1. The van der Waals surface area contributed by atoms with Crippen LogP contribution in [-0.2, 0) is 10.0 Å². The van der Waals surface area contributed by atoms with Crippen LogP contribution in [0.4, 0.5) is 5.82 Å². The molecule has 1 aromatic heterocycles. The van der Waals surface area contributed by atoms with Gasteiger partial charge in [-0.2, -0.15) is 0 Å². The van der Waals surface area contributed by atoms with Gasteiger partial charge in [-0.25, -0.2) is 18.1 Å². The van der Waals surface area contributed by atoms with E-state index in [4.69, 9.17) is 4.74 Å². The molecule has 140 valence electrons.